The van der Waals surface area contributed by atoms with Crippen LogP contribution in [0.4, 0.5) is 0 Å². The quantitative estimate of drug-likeness (QED) is 0.0790. The number of hydrogen-bond donors (Lipinski definition) is 2. The Kier molecular flexibility index (Phi) is 23.1. The lowest BCUT2D eigenvalue weighted by Crippen LogP contribution is -2.41. The second-order valence-electron chi connectivity index (χ2n) is 9.98. The third-order valence-electron chi connectivity index (χ3n) is 6.29. The zero-order valence-corrected chi connectivity index (χ0v) is 26.1. The minimum absolute atomic E-state index is 0.0329. The number of allylic oxidation sites excluding steroid dienone is 10. The maximum Gasteiger partial charge on any atom is 0.328 e. The van der Waals surface area contributed by atoms with Crippen LogP contribution in [-0.2, 0) is 19.1 Å². The smallest absolute Gasteiger partial charge is 0.328 e. The van der Waals surface area contributed by atoms with E-state index in [1.165, 1.54) is 7.11 Å². The van der Waals surface area contributed by atoms with Gasteiger partial charge in [0, 0.05) is 31.8 Å². The molecule has 1 unspecified atom stereocenters. The Labute approximate surface area is 259 Å². The number of carbonyl (C=O) groups excluding carboxylic acids is 3. The van der Waals surface area contributed by atoms with Crippen molar-refractivity contribution < 1.29 is 19.1 Å². The standard InChI is InChI=1S/C36H51N3O4/c1-3-4-5-6-7-8-9-10-11-12-13-14-15-16-17-18-19-27-34(40)38-30-21-20-26-33(36(42)43-2)39-35(41)28-22-24-32-25-23-29-37-31-32/h4-5,7-8,10-11,13-14,16-17,22-25,29,31,33H,3,6,9,12,15,18-21,26-28,30H2,1-2H3,(H,38,40)(H,39,41). The van der Waals surface area contributed by atoms with Gasteiger partial charge in [-0.05, 0) is 75.8 Å². The van der Waals surface area contributed by atoms with Gasteiger partial charge in [0.25, 0.3) is 0 Å². The summed E-state index contributed by atoms with van der Waals surface area (Å²) in [4.78, 5) is 40.5. The van der Waals surface area contributed by atoms with Crippen LogP contribution >= 0.6 is 0 Å². The molecule has 0 saturated heterocycles. The molecule has 43 heavy (non-hydrogen) atoms. The van der Waals surface area contributed by atoms with Crippen LogP contribution in [-0.4, -0.2) is 42.5 Å². The molecule has 1 rings (SSSR count). The first-order chi connectivity index (χ1) is 21.1. The van der Waals surface area contributed by atoms with E-state index in [-0.39, 0.29) is 18.2 Å². The molecule has 2 amide bonds. The zero-order valence-electron chi connectivity index (χ0n) is 26.1. The normalized spacial score (nSPS) is 12.8. The Morgan fingerprint density at radius 2 is 1.49 bits per heavy atom. The number of carbonyl (C=O) groups is 3. The van der Waals surface area contributed by atoms with E-state index >= 15 is 0 Å². The highest BCUT2D eigenvalue weighted by Crippen LogP contribution is 2.05. The molecule has 7 heteroatoms. The minimum Gasteiger partial charge on any atom is -0.467 e. The Morgan fingerprint density at radius 3 is 2.09 bits per heavy atom. The summed E-state index contributed by atoms with van der Waals surface area (Å²) in [6.07, 6.45) is 37.8. The van der Waals surface area contributed by atoms with E-state index in [4.69, 9.17) is 4.74 Å². The maximum absolute atomic E-state index is 12.3. The molecule has 1 aromatic heterocycles. The Bertz CT molecular complexity index is 1070. The van der Waals surface area contributed by atoms with E-state index in [0.29, 0.717) is 32.2 Å². The number of amides is 2. The molecular weight excluding hydrogens is 538 g/mol. The number of ether oxygens (including phenoxy) is 1. The van der Waals surface area contributed by atoms with E-state index in [9.17, 15) is 14.4 Å². The monoisotopic (exact) mass is 589 g/mol. The van der Waals surface area contributed by atoms with Crippen molar-refractivity contribution in [1.82, 2.24) is 15.6 Å². The van der Waals surface area contributed by atoms with E-state index in [1.54, 1.807) is 18.5 Å². The van der Waals surface area contributed by atoms with Gasteiger partial charge in [0.05, 0.1) is 7.11 Å². The van der Waals surface area contributed by atoms with Gasteiger partial charge in [-0.25, -0.2) is 4.79 Å². The molecule has 0 bridgehead atoms. The summed E-state index contributed by atoms with van der Waals surface area (Å²) >= 11 is 0. The first-order valence-corrected chi connectivity index (χ1v) is 15.5. The van der Waals surface area contributed by atoms with Crippen LogP contribution in [0.3, 0.4) is 0 Å². The fourth-order valence-electron chi connectivity index (χ4n) is 3.96. The third-order valence-corrected chi connectivity index (χ3v) is 6.29. The molecule has 0 aliphatic rings. The zero-order chi connectivity index (χ0) is 31.2. The molecule has 0 radical (unpaired) electrons. The van der Waals surface area contributed by atoms with Gasteiger partial charge in [-0.1, -0.05) is 85.9 Å². The second kappa shape index (κ2) is 26.9. The van der Waals surface area contributed by atoms with Gasteiger partial charge >= 0.3 is 5.97 Å². The van der Waals surface area contributed by atoms with Crippen molar-refractivity contribution in [2.75, 3.05) is 13.7 Å². The van der Waals surface area contributed by atoms with E-state index < -0.39 is 12.0 Å². The lowest BCUT2D eigenvalue weighted by atomic mass is 10.1. The van der Waals surface area contributed by atoms with Crippen molar-refractivity contribution in [1.29, 1.82) is 0 Å². The molecule has 2 N–H and O–H groups in total. The molecular formula is C36H51N3O4. The number of rotatable bonds is 23. The van der Waals surface area contributed by atoms with Crippen LogP contribution in [0, 0.1) is 0 Å². The van der Waals surface area contributed by atoms with Crippen LogP contribution in [0.15, 0.2) is 91.4 Å². The summed E-state index contributed by atoms with van der Waals surface area (Å²) in [5, 5.41) is 5.68. The molecule has 234 valence electrons. The van der Waals surface area contributed by atoms with Crippen LogP contribution in [0.1, 0.15) is 89.5 Å². The topological polar surface area (TPSA) is 97.4 Å². The highest BCUT2D eigenvalue weighted by atomic mass is 16.5. The van der Waals surface area contributed by atoms with Gasteiger partial charge in [0.1, 0.15) is 6.04 Å². The molecule has 0 aliphatic heterocycles. The Morgan fingerprint density at radius 1 is 0.837 bits per heavy atom. The Hall–Kier alpha value is -4.00. The predicted octanol–water partition coefficient (Wildman–Crippen LogP) is 7.35. The molecule has 1 atom stereocenters. The van der Waals surface area contributed by atoms with E-state index in [1.807, 2.05) is 18.2 Å². The number of pyridine rings is 1. The van der Waals surface area contributed by atoms with Crippen molar-refractivity contribution >= 4 is 23.9 Å². The van der Waals surface area contributed by atoms with Crippen LogP contribution in [0.25, 0.3) is 6.08 Å². The van der Waals surface area contributed by atoms with Crippen molar-refractivity contribution in [3.8, 4) is 0 Å². The number of nitrogens with zero attached hydrogens (tertiary/aromatic N) is 1. The fourth-order valence-corrected chi connectivity index (χ4v) is 3.96. The molecule has 0 fully saturated rings. The lowest BCUT2D eigenvalue weighted by molar-refractivity contribution is -0.145. The van der Waals surface area contributed by atoms with Gasteiger partial charge < -0.3 is 15.4 Å². The minimum atomic E-state index is -0.705. The summed E-state index contributed by atoms with van der Waals surface area (Å²) in [6, 6.07) is 3.01. The Balaban J connectivity index is 2.10. The third kappa shape index (κ3) is 22.3. The average Bonchev–Trinajstić information content (AvgIpc) is 3.02. The number of methoxy groups -OCH3 is 1. The first kappa shape index (κ1) is 37.0. The van der Waals surface area contributed by atoms with Gasteiger partial charge in [-0.2, -0.15) is 0 Å². The molecule has 1 heterocycles. The second-order valence-corrected chi connectivity index (χ2v) is 9.98. The first-order valence-electron chi connectivity index (χ1n) is 15.5. The molecule has 7 nitrogen and oxygen atoms in total. The number of nitrogens with one attached hydrogen (secondary N) is 2. The van der Waals surface area contributed by atoms with Gasteiger partial charge in [-0.15, -0.1) is 0 Å². The lowest BCUT2D eigenvalue weighted by Gasteiger charge is -2.16. The highest BCUT2D eigenvalue weighted by Gasteiger charge is 2.20. The van der Waals surface area contributed by atoms with Gasteiger partial charge in [0.2, 0.25) is 11.8 Å². The highest BCUT2D eigenvalue weighted by molar-refractivity contribution is 5.85. The summed E-state index contributed by atoms with van der Waals surface area (Å²) in [5.41, 5.74) is 0.899. The molecule has 0 spiro atoms. The SMILES string of the molecule is CCC=CCC=CCC=CCC=CCC=CCCCC(=O)NCCCCC(NC(=O)CC=Cc1cccnc1)C(=O)OC. The molecule has 0 aromatic carbocycles. The number of aromatic nitrogens is 1. The summed E-state index contributed by atoms with van der Waals surface area (Å²) in [6.45, 7) is 2.68. The predicted molar refractivity (Wildman–Crippen MR) is 177 cm³/mol. The molecule has 0 saturated carbocycles. The number of unbranched alkanes of at least 4 members (excludes halogenated alkanes) is 2. The van der Waals surface area contributed by atoms with Gasteiger partial charge in [-0.3, -0.25) is 14.6 Å². The molecule has 1 aromatic rings. The summed E-state index contributed by atoms with van der Waals surface area (Å²) in [5.74, 6) is -0.689. The summed E-state index contributed by atoms with van der Waals surface area (Å²) < 4.78 is 4.84. The van der Waals surface area contributed by atoms with Crippen molar-refractivity contribution in [3.63, 3.8) is 0 Å². The maximum atomic E-state index is 12.3. The summed E-state index contributed by atoms with van der Waals surface area (Å²) in [7, 11) is 1.31. The fraction of sp³-hybridized carbons (Fsp3) is 0.444. The average molecular weight is 590 g/mol. The number of esters is 1. The van der Waals surface area contributed by atoms with Crippen molar-refractivity contribution in [3.05, 3.63) is 96.9 Å². The van der Waals surface area contributed by atoms with Crippen LogP contribution in [0.2, 0.25) is 0 Å². The largest absolute Gasteiger partial charge is 0.467 e. The van der Waals surface area contributed by atoms with Crippen LogP contribution in [0.5, 0.6) is 0 Å². The van der Waals surface area contributed by atoms with Crippen molar-refractivity contribution in [2.45, 2.75) is 90.0 Å². The van der Waals surface area contributed by atoms with Crippen LogP contribution < -0.4 is 10.6 Å². The molecule has 0 aliphatic carbocycles. The number of hydrogen-bond acceptors (Lipinski definition) is 5. The van der Waals surface area contributed by atoms with E-state index in [2.05, 4.69) is 83.3 Å². The van der Waals surface area contributed by atoms with Crippen molar-refractivity contribution in [2.24, 2.45) is 0 Å². The van der Waals surface area contributed by atoms with E-state index in [0.717, 1.165) is 50.5 Å². The van der Waals surface area contributed by atoms with Gasteiger partial charge in [0.15, 0.2) is 0 Å².